The summed E-state index contributed by atoms with van der Waals surface area (Å²) in [5.41, 5.74) is 3.50. The third-order valence-electron chi connectivity index (χ3n) is 4.09. The molecule has 4 heteroatoms. The summed E-state index contributed by atoms with van der Waals surface area (Å²) in [7, 11) is 0. The van der Waals surface area contributed by atoms with Crippen molar-refractivity contribution in [3.8, 4) is 5.75 Å². The lowest BCUT2D eigenvalue weighted by molar-refractivity contribution is 0.0954. The van der Waals surface area contributed by atoms with Crippen molar-refractivity contribution in [3.63, 3.8) is 0 Å². The number of phenols is 1. The molecule has 0 atom stereocenters. The molecule has 3 N–H and O–H groups in total. The molecule has 0 spiro atoms. The zero-order valence-corrected chi connectivity index (χ0v) is 14.5. The maximum absolute atomic E-state index is 12.5. The van der Waals surface area contributed by atoms with E-state index in [9.17, 15) is 9.90 Å². The Labute approximate surface area is 153 Å². The van der Waals surface area contributed by atoms with Gasteiger partial charge in [0.15, 0.2) is 0 Å². The van der Waals surface area contributed by atoms with E-state index in [1.807, 2.05) is 66.7 Å². The number of nitrogens with one attached hydrogen (secondary N) is 2. The third kappa shape index (κ3) is 4.86. The number of rotatable bonds is 7. The van der Waals surface area contributed by atoms with Crippen LogP contribution in [0.5, 0.6) is 5.75 Å². The van der Waals surface area contributed by atoms with Crippen LogP contribution in [0.3, 0.4) is 0 Å². The minimum Gasteiger partial charge on any atom is -0.508 e. The van der Waals surface area contributed by atoms with Crippen LogP contribution in [0, 0.1) is 0 Å². The molecular formula is C22H22N2O2. The topological polar surface area (TPSA) is 61.4 Å². The Bertz CT molecular complexity index is 846. The van der Waals surface area contributed by atoms with E-state index >= 15 is 0 Å². The molecule has 132 valence electrons. The summed E-state index contributed by atoms with van der Waals surface area (Å²) in [4.78, 5) is 12.5. The number of amides is 1. The van der Waals surface area contributed by atoms with Crippen molar-refractivity contribution in [2.75, 3.05) is 11.9 Å². The molecule has 0 bridgehead atoms. The fourth-order valence-electron chi connectivity index (χ4n) is 2.72. The van der Waals surface area contributed by atoms with Gasteiger partial charge in [-0.2, -0.15) is 0 Å². The number of aromatic hydroxyl groups is 1. The van der Waals surface area contributed by atoms with Crippen LogP contribution in [0.4, 0.5) is 11.4 Å². The van der Waals surface area contributed by atoms with Crippen molar-refractivity contribution in [2.24, 2.45) is 0 Å². The molecule has 0 aliphatic carbocycles. The van der Waals surface area contributed by atoms with Gasteiger partial charge in [0.2, 0.25) is 0 Å². The van der Waals surface area contributed by atoms with Gasteiger partial charge < -0.3 is 15.7 Å². The summed E-state index contributed by atoms with van der Waals surface area (Å²) in [6, 6.07) is 24.4. The summed E-state index contributed by atoms with van der Waals surface area (Å²) in [6.07, 6.45) is 1.69. The van der Waals surface area contributed by atoms with Crippen molar-refractivity contribution in [1.82, 2.24) is 5.32 Å². The van der Waals surface area contributed by atoms with E-state index in [0.29, 0.717) is 12.1 Å². The number of carbonyl (C=O) groups excluding carboxylic acids is 1. The van der Waals surface area contributed by atoms with Crippen LogP contribution in [-0.2, 0) is 6.42 Å². The number of hydrogen-bond donors (Lipinski definition) is 3. The Morgan fingerprint density at radius 2 is 1.54 bits per heavy atom. The average molecular weight is 346 g/mol. The predicted octanol–water partition coefficient (Wildman–Crippen LogP) is 4.50. The van der Waals surface area contributed by atoms with Gasteiger partial charge >= 0.3 is 0 Å². The highest BCUT2D eigenvalue weighted by molar-refractivity contribution is 6.00. The van der Waals surface area contributed by atoms with Crippen molar-refractivity contribution in [1.29, 1.82) is 0 Å². The molecule has 0 aromatic heterocycles. The van der Waals surface area contributed by atoms with Crippen LogP contribution < -0.4 is 10.6 Å². The van der Waals surface area contributed by atoms with Gasteiger partial charge in [0.05, 0.1) is 11.3 Å². The summed E-state index contributed by atoms with van der Waals surface area (Å²) in [5.74, 6) is 0.180. The number of anilines is 2. The van der Waals surface area contributed by atoms with E-state index in [1.54, 1.807) is 12.1 Å². The maximum Gasteiger partial charge on any atom is 0.253 e. The van der Waals surface area contributed by atoms with Gasteiger partial charge in [0, 0.05) is 12.2 Å². The van der Waals surface area contributed by atoms with Gasteiger partial charge in [-0.05, 0) is 54.8 Å². The molecule has 0 aliphatic heterocycles. The standard InChI is InChI=1S/C22H22N2O2/c25-19-14-12-17(13-15-19)7-6-16-23-22(26)20-10-4-5-11-21(20)24-18-8-2-1-3-9-18/h1-5,8-15,24-25H,6-7,16H2,(H,23,26). The van der Waals surface area contributed by atoms with E-state index in [4.69, 9.17) is 0 Å². The minimum absolute atomic E-state index is 0.0882. The lowest BCUT2D eigenvalue weighted by Crippen LogP contribution is -2.25. The Morgan fingerprint density at radius 1 is 0.846 bits per heavy atom. The molecule has 1 amide bonds. The Hall–Kier alpha value is -3.27. The largest absolute Gasteiger partial charge is 0.508 e. The molecule has 0 heterocycles. The molecule has 26 heavy (non-hydrogen) atoms. The highest BCUT2D eigenvalue weighted by Gasteiger charge is 2.10. The van der Waals surface area contributed by atoms with E-state index < -0.39 is 0 Å². The summed E-state index contributed by atoms with van der Waals surface area (Å²) >= 11 is 0. The van der Waals surface area contributed by atoms with Crippen LogP contribution in [0.2, 0.25) is 0 Å². The Balaban J connectivity index is 1.55. The highest BCUT2D eigenvalue weighted by atomic mass is 16.3. The molecule has 4 nitrogen and oxygen atoms in total. The second-order valence-corrected chi connectivity index (χ2v) is 6.06. The minimum atomic E-state index is -0.0882. The first-order valence-electron chi connectivity index (χ1n) is 8.69. The first kappa shape index (κ1) is 17.5. The van der Waals surface area contributed by atoms with Crippen LogP contribution in [0.1, 0.15) is 22.3 Å². The SMILES string of the molecule is O=C(NCCCc1ccc(O)cc1)c1ccccc1Nc1ccccc1. The van der Waals surface area contributed by atoms with E-state index in [0.717, 1.165) is 29.8 Å². The molecule has 0 aliphatic rings. The molecule has 0 unspecified atom stereocenters. The molecule has 0 fully saturated rings. The lowest BCUT2D eigenvalue weighted by atomic mass is 10.1. The van der Waals surface area contributed by atoms with Gasteiger partial charge in [0.1, 0.15) is 5.75 Å². The number of aryl methyl sites for hydroxylation is 1. The highest BCUT2D eigenvalue weighted by Crippen LogP contribution is 2.20. The Kier molecular flexibility index (Phi) is 5.88. The van der Waals surface area contributed by atoms with Crippen LogP contribution in [0.15, 0.2) is 78.9 Å². The van der Waals surface area contributed by atoms with Gasteiger partial charge in [-0.25, -0.2) is 0 Å². The summed E-state index contributed by atoms with van der Waals surface area (Å²) in [5, 5.41) is 15.6. The summed E-state index contributed by atoms with van der Waals surface area (Å²) in [6.45, 7) is 0.597. The normalized spacial score (nSPS) is 10.3. The molecule has 0 saturated heterocycles. The van der Waals surface area contributed by atoms with Gasteiger partial charge in [-0.1, -0.05) is 42.5 Å². The first-order chi connectivity index (χ1) is 12.7. The van der Waals surface area contributed by atoms with Crippen molar-refractivity contribution in [3.05, 3.63) is 90.0 Å². The smallest absolute Gasteiger partial charge is 0.253 e. The fourth-order valence-corrected chi connectivity index (χ4v) is 2.72. The van der Waals surface area contributed by atoms with Gasteiger partial charge in [0.25, 0.3) is 5.91 Å². The third-order valence-corrected chi connectivity index (χ3v) is 4.09. The van der Waals surface area contributed by atoms with Crippen LogP contribution >= 0.6 is 0 Å². The monoisotopic (exact) mass is 346 g/mol. The molecule has 3 rings (SSSR count). The van der Waals surface area contributed by atoms with Crippen LogP contribution in [0.25, 0.3) is 0 Å². The predicted molar refractivity (Wildman–Crippen MR) is 105 cm³/mol. The van der Waals surface area contributed by atoms with Crippen molar-refractivity contribution in [2.45, 2.75) is 12.8 Å². The van der Waals surface area contributed by atoms with Gasteiger partial charge in [-0.15, -0.1) is 0 Å². The maximum atomic E-state index is 12.5. The number of benzene rings is 3. The van der Waals surface area contributed by atoms with E-state index in [-0.39, 0.29) is 11.7 Å². The van der Waals surface area contributed by atoms with E-state index in [1.165, 1.54) is 0 Å². The number of para-hydroxylation sites is 2. The fraction of sp³-hybridized carbons (Fsp3) is 0.136. The zero-order chi connectivity index (χ0) is 18.2. The van der Waals surface area contributed by atoms with Crippen LogP contribution in [-0.4, -0.2) is 17.6 Å². The van der Waals surface area contributed by atoms with Crippen molar-refractivity contribution < 1.29 is 9.90 Å². The lowest BCUT2D eigenvalue weighted by Gasteiger charge is -2.12. The number of hydrogen-bond acceptors (Lipinski definition) is 3. The first-order valence-corrected chi connectivity index (χ1v) is 8.69. The summed E-state index contributed by atoms with van der Waals surface area (Å²) < 4.78 is 0. The second-order valence-electron chi connectivity index (χ2n) is 6.06. The number of phenolic OH excluding ortho intramolecular Hbond substituents is 1. The molecular weight excluding hydrogens is 324 g/mol. The quantitative estimate of drug-likeness (QED) is 0.552. The molecule has 3 aromatic carbocycles. The van der Waals surface area contributed by atoms with Crippen molar-refractivity contribution >= 4 is 17.3 Å². The number of carbonyl (C=O) groups is 1. The molecule has 0 saturated carbocycles. The average Bonchev–Trinajstić information content (AvgIpc) is 2.68. The Morgan fingerprint density at radius 3 is 2.31 bits per heavy atom. The van der Waals surface area contributed by atoms with Gasteiger partial charge in [-0.3, -0.25) is 4.79 Å². The molecule has 3 aromatic rings. The second kappa shape index (κ2) is 8.72. The zero-order valence-electron chi connectivity index (χ0n) is 14.5. The van der Waals surface area contributed by atoms with E-state index in [2.05, 4.69) is 10.6 Å². The molecule has 0 radical (unpaired) electrons.